The van der Waals surface area contributed by atoms with Crippen LogP contribution < -0.4 is 5.32 Å². The summed E-state index contributed by atoms with van der Waals surface area (Å²) in [5.74, 6) is -0.00736. The molecule has 1 heterocycles. The van der Waals surface area contributed by atoms with Gasteiger partial charge in [-0.25, -0.2) is 0 Å². The molecule has 0 aliphatic carbocycles. The Morgan fingerprint density at radius 3 is 2.50 bits per heavy atom. The van der Waals surface area contributed by atoms with E-state index in [1.54, 1.807) is 0 Å². The summed E-state index contributed by atoms with van der Waals surface area (Å²) in [6, 6.07) is -0.113. The minimum Gasteiger partial charge on any atom is -0.389 e. The molecule has 1 saturated heterocycles. The summed E-state index contributed by atoms with van der Waals surface area (Å²) in [5.41, 5.74) is 0. The molecule has 106 valence electrons. The average Bonchev–Trinajstić information content (AvgIpc) is 2.64. The SMILES string of the molecule is COC[C@H](O)CNC(=O)[C@@H](C)N1CCCCCC1. The Bertz CT molecular complexity index is 240. The van der Waals surface area contributed by atoms with Gasteiger partial charge in [-0.3, -0.25) is 9.69 Å². The first-order valence-corrected chi connectivity index (χ1v) is 6.84. The Hall–Kier alpha value is -0.650. The van der Waals surface area contributed by atoms with Gasteiger partial charge in [-0.1, -0.05) is 12.8 Å². The summed E-state index contributed by atoms with van der Waals surface area (Å²) in [7, 11) is 1.53. The van der Waals surface area contributed by atoms with Gasteiger partial charge in [0.2, 0.25) is 5.91 Å². The number of ether oxygens (including phenoxy) is 1. The van der Waals surface area contributed by atoms with E-state index in [2.05, 4.69) is 10.2 Å². The molecule has 2 N–H and O–H groups in total. The van der Waals surface area contributed by atoms with E-state index in [0.717, 1.165) is 13.1 Å². The predicted molar refractivity (Wildman–Crippen MR) is 70.4 cm³/mol. The molecule has 0 radical (unpaired) electrons. The fourth-order valence-electron chi connectivity index (χ4n) is 2.27. The van der Waals surface area contributed by atoms with Crippen LogP contribution >= 0.6 is 0 Å². The van der Waals surface area contributed by atoms with Crippen LogP contribution in [0.2, 0.25) is 0 Å². The minimum atomic E-state index is -0.629. The van der Waals surface area contributed by atoms with Crippen molar-refractivity contribution in [1.82, 2.24) is 10.2 Å². The molecule has 1 amide bonds. The molecule has 0 bridgehead atoms. The molecule has 1 aliphatic rings. The molecule has 0 spiro atoms. The van der Waals surface area contributed by atoms with Gasteiger partial charge >= 0.3 is 0 Å². The lowest BCUT2D eigenvalue weighted by Gasteiger charge is -2.26. The summed E-state index contributed by atoms with van der Waals surface area (Å²) < 4.78 is 4.82. The summed E-state index contributed by atoms with van der Waals surface area (Å²) in [4.78, 5) is 14.2. The predicted octanol–water partition coefficient (Wildman–Crippen LogP) is 0.374. The second-order valence-electron chi connectivity index (χ2n) is 4.98. The molecule has 0 aromatic carbocycles. The molecule has 0 unspecified atom stereocenters. The van der Waals surface area contributed by atoms with Crippen LogP contribution in [0.15, 0.2) is 0 Å². The van der Waals surface area contributed by atoms with Crippen molar-refractivity contribution in [2.45, 2.75) is 44.8 Å². The van der Waals surface area contributed by atoms with Crippen LogP contribution in [-0.2, 0) is 9.53 Å². The van der Waals surface area contributed by atoms with Crippen molar-refractivity contribution in [3.8, 4) is 0 Å². The Labute approximate surface area is 109 Å². The van der Waals surface area contributed by atoms with Crippen molar-refractivity contribution >= 4 is 5.91 Å². The van der Waals surface area contributed by atoms with Gasteiger partial charge in [0, 0.05) is 13.7 Å². The molecule has 18 heavy (non-hydrogen) atoms. The maximum atomic E-state index is 12.0. The van der Waals surface area contributed by atoms with E-state index in [-0.39, 0.29) is 25.1 Å². The molecule has 5 heteroatoms. The summed E-state index contributed by atoms with van der Waals surface area (Å²) in [6.45, 7) is 4.43. The molecule has 1 fully saturated rings. The van der Waals surface area contributed by atoms with Crippen LogP contribution in [0.3, 0.4) is 0 Å². The maximum Gasteiger partial charge on any atom is 0.237 e. The van der Waals surface area contributed by atoms with Crippen LogP contribution in [0.1, 0.15) is 32.6 Å². The smallest absolute Gasteiger partial charge is 0.237 e. The van der Waals surface area contributed by atoms with Crippen molar-refractivity contribution in [2.24, 2.45) is 0 Å². The lowest BCUT2D eigenvalue weighted by molar-refractivity contribution is -0.126. The van der Waals surface area contributed by atoms with E-state index < -0.39 is 6.10 Å². The number of nitrogens with zero attached hydrogens (tertiary/aromatic N) is 1. The first kappa shape index (κ1) is 15.4. The minimum absolute atomic E-state index is 0.00736. The average molecular weight is 258 g/mol. The number of aliphatic hydroxyl groups is 1. The number of aliphatic hydroxyl groups excluding tert-OH is 1. The van der Waals surface area contributed by atoms with Crippen LogP contribution in [0, 0.1) is 0 Å². The van der Waals surface area contributed by atoms with E-state index in [9.17, 15) is 9.90 Å². The second-order valence-corrected chi connectivity index (χ2v) is 4.98. The number of nitrogens with one attached hydrogen (secondary N) is 1. The topological polar surface area (TPSA) is 61.8 Å². The van der Waals surface area contributed by atoms with Gasteiger partial charge in [-0.15, -0.1) is 0 Å². The second kappa shape index (κ2) is 8.45. The van der Waals surface area contributed by atoms with Crippen molar-refractivity contribution in [3.05, 3.63) is 0 Å². The standard InChI is InChI=1S/C13H26N2O3/c1-11(15-7-5-3-4-6-8-15)13(17)14-9-12(16)10-18-2/h11-12,16H,3-10H2,1-2H3,(H,14,17)/t11-,12-/m1/s1. The molecule has 1 rings (SSSR count). The molecular weight excluding hydrogens is 232 g/mol. The number of methoxy groups -OCH3 is 1. The van der Waals surface area contributed by atoms with E-state index in [1.807, 2.05) is 6.92 Å². The fourth-order valence-corrected chi connectivity index (χ4v) is 2.27. The first-order valence-electron chi connectivity index (χ1n) is 6.84. The normalized spacial score (nSPS) is 21.1. The Morgan fingerprint density at radius 1 is 1.33 bits per heavy atom. The van der Waals surface area contributed by atoms with Gasteiger partial charge < -0.3 is 15.2 Å². The number of carbonyl (C=O) groups excluding carboxylic acids is 1. The third kappa shape index (κ3) is 5.33. The Kier molecular flexibility index (Phi) is 7.23. The van der Waals surface area contributed by atoms with E-state index >= 15 is 0 Å². The highest BCUT2D eigenvalue weighted by molar-refractivity contribution is 5.81. The molecule has 0 aromatic rings. The molecule has 1 aliphatic heterocycles. The van der Waals surface area contributed by atoms with E-state index in [4.69, 9.17) is 4.74 Å². The highest BCUT2D eigenvalue weighted by atomic mass is 16.5. The highest BCUT2D eigenvalue weighted by Crippen LogP contribution is 2.12. The van der Waals surface area contributed by atoms with Crippen LogP contribution in [0.25, 0.3) is 0 Å². The lowest BCUT2D eigenvalue weighted by Crippen LogP contribution is -2.47. The van der Waals surface area contributed by atoms with E-state index in [0.29, 0.717) is 0 Å². The highest BCUT2D eigenvalue weighted by Gasteiger charge is 2.22. The summed E-state index contributed by atoms with van der Waals surface area (Å²) >= 11 is 0. The first-order chi connectivity index (χ1) is 8.65. The zero-order chi connectivity index (χ0) is 13.4. The van der Waals surface area contributed by atoms with Gasteiger partial charge in [-0.05, 0) is 32.9 Å². The van der Waals surface area contributed by atoms with Crippen molar-refractivity contribution in [3.63, 3.8) is 0 Å². The number of amides is 1. The largest absolute Gasteiger partial charge is 0.389 e. The zero-order valence-corrected chi connectivity index (χ0v) is 11.5. The van der Waals surface area contributed by atoms with Gasteiger partial charge in [0.1, 0.15) is 0 Å². The van der Waals surface area contributed by atoms with Crippen molar-refractivity contribution in [1.29, 1.82) is 0 Å². The third-order valence-electron chi connectivity index (χ3n) is 3.44. The van der Waals surface area contributed by atoms with Crippen LogP contribution in [-0.4, -0.2) is 61.4 Å². The van der Waals surface area contributed by atoms with Gasteiger partial charge in [-0.2, -0.15) is 0 Å². The molecule has 0 saturated carbocycles. The van der Waals surface area contributed by atoms with Gasteiger partial charge in [0.05, 0.1) is 18.8 Å². The van der Waals surface area contributed by atoms with Gasteiger partial charge in [0.25, 0.3) is 0 Å². The zero-order valence-electron chi connectivity index (χ0n) is 11.5. The number of rotatable bonds is 6. The Morgan fingerprint density at radius 2 is 1.94 bits per heavy atom. The third-order valence-corrected chi connectivity index (χ3v) is 3.44. The fraction of sp³-hybridized carbons (Fsp3) is 0.923. The van der Waals surface area contributed by atoms with Crippen LogP contribution in [0.4, 0.5) is 0 Å². The number of hydrogen-bond donors (Lipinski definition) is 2. The molecular formula is C13H26N2O3. The molecule has 0 aromatic heterocycles. The quantitative estimate of drug-likeness (QED) is 0.723. The number of likely N-dealkylation sites (tertiary alicyclic amines) is 1. The number of hydrogen-bond acceptors (Lipinski definition) is 4. The van der Waals surface area contributed by atoms with E-state index in [1.165, 1.54) is 32.8 Å². The molecule has 5 nitrogen and oxygen atoms in total. The number of carbonyl (C=O) groups is 1. The molecule has 2 atom stereocenters. The Balaban J connectivity index is 2.30. The summed E-state index contributed by atoms with van der Waals surface area (Å²) in [5, 5.41) is 12.3. The van der Waals surface area contributed by atoms with Crippen molar-refractivity contribution < 1.29 is 14.6 Å². The van der Waals surface area contributed by atoms with Gasteiger partial charge in [0.15, 0.2) is 0 Å². The maximum absolute atomic E-state index is 12.0. The van der Waals surface area contributed by atoms with Crippen molar-refractivity contribution in [2.75, 3.05) is 33.4 Å². The lowest BCUT2D eigenvalue weighted by atomic mass is 10.2. The summed E-state index contributed by atoms with van der Waals surface area (Å²) in [6.07, 6.45) is 4.23. The van der Waals surface area contributed by atoms with Crippen LogP contribution in [0.5, 0.6) is 0 Å². The monoisotopic (exact) mass is 258 g/mol.